The molecule has 0 atom stereocenters. The minimum absolute atomic E-state index is 0.387. The molecule has 3 heteroatoms. The molecule has 69 valence electrons. The van der Waals surface area contributed by atoms with E-state index in [2.05, 4.69) is 6.58 Å². The molecule has 0 saturated carbocycles. The van der Waals surface area contributed by atoms with Crippen molar-refractivity contribution in [3.8, 4) is 0 Å². The van der Waals surface area contributed by atoms with Crippen molar-refractivity contribution in [2.45, 2.75) is 38.0 Å². The van der Waals surface area contributed by atoms with Gasteiger partial charge in [0.05, 0.1) is 0 Å². The van der Waals surface area contributed by atoms with Crippen LogP contribution in [0.25, 0.3) is 0 Å². The molecule has 0 heterocycles. The molecule has 0 spiro atoms. The third-order valence-electron chi connectivity index (χ3n) is 1.34. The average Bonchev–Trinajstić information content (AvgIpc) is 1.85. The monoisotopic (exact) mass is 187 g/mol. The highest BCUT2D eigenvalue weighted by atomic mass is 32.1. The molecule has 0 rings (SSSR count). The van der Waals surface area contributed by atoms with E-state index in [1.165, 1.54) is 0 Å². The van der Waals surface area contributed by atoms with Crippen LogP contribution in [0.1, 0.15) is 27.7 Å². The van der Waals surface area contributed by atoms with Crippen LogP contribution in [0.15, 0.2) is 12.7 Å². The van der Waals surface area contributed by atoms with Gasteiger partial charge in [-0.25, -0.2) is 0 Å². The van der Waals surface area contributed by atoms with Crippen molar-refractivity contribution in [1.82, 2.24) is 0 Å². The molecule has 0 aromatic heterocycles. The summed E-state index contributed by atoms with van der Waals surface area (Å²) in [6.45, 7) is 10.4. The van der Waals surface area contributed by atoms with Gasteiger partial charge in [0.2, 0.25) is 0 Å². The molecule has 0 unspecified atom stereocenters. The first-order chi connectivity index (χ1) is 5.19. The van der Waals surface area contributed by atoms with Gasteiger partial charge in [-0.05, 0) is 33.8 Å². The summed E-state index contributed by atoms with van der Waals surface area (Å²) in [6, 6.07) is 0. The van der Waals surface area contributed by atoms with Crippen LogP contribution in [0.3, 0.4) is 0 Å². The van der Waals surface area contributed by atoms with E-state index in [0.29, 0.717) is 0 Å². The Balaban J connectivity index is 4.29. The fourth-order valence-corrected chi connectivity index (χ4v) is 0.445. The van der Waals surface area contributed by atoms with Gasteiger partial charge in [0.1, 0.15) is 10.3 Å². The molecule has 0 aromatic carbocycles. The molecule has 0 aliphatic heterocycles. The van der Waals surface area contributed by atoms with Crippen LogP contribution in [0.4, 0.5) is 0 Å². The number of hydrogen-bond donors (Lipinski definition) is 0. The first-order valence-electron chi connectivity index (χ1n) is 3.76. The molecule has 2 nitrogen and oxygen atoms in total. The van der Waals surface area contributed by atoms with Crippen LogP contribution in [0, 0.1) is 0 Å². The maximum absolute atomic E-state index is 11.3. The van der Waals surface area contributed by atoms with Crippen LogP contribution in [-0.2, 0) is 9.53 Å². The lowest BCUT2D eigenvalue weighted by Crippen LogP contribution is -2.35. The van der Waals surface area contributed by atoms with E-state index in [1.807, 2.05) is 0 Å². The SMILES string of the molecule is C=CC(C)(C)OC(=O)C(C)(C)[S]. The second-order valence-corrected chi connectivity index (χ2v) is 4.73. The van der Waals surface area contributed by atoms with Crippen molar-refractivity contribution >= 4 is 18.6 Å². The molecule has 0 fully saturated rings. The highest BCUT2D eigenvalue weighted by molar-refractivity contribution is 7.82. The number of carbonyl (C=O) groups is 1. The Bertz CT molecular complexity index is 189. The fourth-order valence-electron chi connectivity index (χ4n) is 0.403. The van der Waals surface area contributed by atoms with Crippen LogP contribution >= 0.6 is 12.6 Å². The minimum atomic E-state index is -0.861. The van der Waals surface area contributed by atoms with Gasteiger partial charge in [-0.15, -0.1) is 0 Å². The van der Waals surface area contributed by atoms with Crippen molar-refractivity contribution in [3.63, 3.8) is 0 Å². The highest BCUT2D eigenvalue weighted by Crippen LogP contribution is 2.19. The van der Waals surface area contributed by atoms with Gasteiger partial charge in [0.25, 0.3) is 0 Å². The molecule has 1 radical (unpaired) electrons. The predicted molar refractivity (Wildman–Crippen MR) is 52.0 cm³/mol. The average molecular weight is 187 g/mol. The number of esters is 1. The Labute approximate surface area is 79.4 Å². The number of rotatable bonds is 3. The lowest BCUT2D eigenvalue weighted by Gasteiger charge is -2.25. The first-order valence-corrected chi connectivity index (χ1v) is 4.17. The van der Waals surface area contributed by atoms with Crippen molar-refractivity contribution in [3.05, 3.63) is 12.7 Å². The lowest BCUT2D eigenvalue weighted by molar-refractivity contribution is -0.154. The predicted octanol–water partition coefficient (Wildman–Crippen LogP) is 2.47. The molecule has 0 aromatic rings. The molecule has 0 aliphatic rings. The summed E-state index contributed by atoms with van der Waals surface area (Å²) in [5.41, 5.74) is -0.632. The minimum Gasteiger partial charge on any atom is -0.454 e. The Morgan fingerprint density at radius 2 is 1.83 bits per heavy atom. The standard InChI is InChI=1S/C9H15O2S/c1-6-8(2,3)11-7(10)9(4,5)12/h6H,1H2,2-5H3. The van der Waals surface area contributed by atoms with E-state index in [4.69, 9.17) is 17.4 Å². The third-order valence-corrected chi connectivity index (χ3v) is 1.51. The van der Waals surface area contributed by atoms with E-state index in [9.17, 15) is 4.79 Å². The summed E-state index contributed by atoms with van der Waals surface area (Å²) in [4.78, 5) is 11.3. The summed E-state index contributed by atoms with van der Waals surface area (Å²) in [5, 5.41) is 0. The molecule has 0 N–H and O–H groups in total. The third kappa shape index (κ3) is 3.81. The maximum Gasteiger partial charge on any atom is 0.323 e. The van der Waals surface area contributed by atoms with Crippen LogP contribution < -0.4 is 0 Å². The quantitative estimate of drug-likeness (QED) is 0.501. The summed E-state index contributed by atoms with van der Waals surface area (Å²) >= 11 is 4.91. The first kappa shape index (κ1) is 11.6. The zero-order chi connectivity index (χ0) is 9.99. The summed E-state index contributed by atoms with van der Waals surface area (Å²) in [5.74, 6) is -0.387. The molecular weight excluding hydrogens is 172 g/mol. The van der Waals surface area contributed by atoms with Gasteiger partial charge in [-0.3, -0.25) is 4.79 Å². The van der Waals surface area contributed by atoms with Crippen molar-refractivity contribution in [1.29, 1.82) is 0 Å². The van der Waals surface area contributed by atoms with Gasteiger partial charge >= 0.3 is 5.97 Å². The van der Waals surface area contributed by atoms with E-state index < -0.39 is 10.3 Å². The van der Waals surface area contributed by atoms with E-state index in [1.54, 1.807) is 33.8 Å². The van der Waals surface area contributed by atoms with E-state index >= 15 is 0 Å². The van der Waals surface area contributed by atoms with Crippen LogP contribution in [-0.4, -0.2) is 16.3 Å². The smallest absolute Gasteiger partial charge is 0.323 e. The topological polar surface area (TPSA) is 26.3 Å². The van der Waals surface area contributed by atoms with Gasteiger partial charge in [0.15, 0.2) is 0 Å². The van der Waals surface area contributed by atoms with Gasteiger partial charge < -0.3 is 4.74 Å². The molecule has 12 heavy (non-hydrogen) atoms. The summed E-state index contributed by atoms with van der Waals surface area (Å²) < 4.78 is 4.23. The number of carbonyl (C=O) groups excluding carboxylic acids is 1. The van der Waals surface area contributed by atoms with Gasteiger partial charge in [-0.1, -0.05) is 19.2 Å². The maximum atomic E-state index is 11.3. The highest BCUT2D eigenvalue weighted by Gasteiger charge is 2.30. The largest absolute Gasteiger partial charge is 0.454 e. The van der Waals surface area contributed by atoms with E-state index in [0.717, 1.165) is 0 Å². The van der Waals surface area contributed by atoms with Gasteiger partial charge in [-0.2, -0.15) is 0 Å². The Kier molecular flexibility index (Phi) is 3.39. The van der Waals surface area contributed by atoms with Gasteiger partial charge in [0, 0.05) is 0 Å². The molecule has 0 amide bonds. The molecule has 0 bridgehead atoms. The molecule has 0 saturated heterocycles. The zero-order valence-electron chi connectivity index (χ0n) is 8.01. The summed E-state index contributed by atoms with van der Waals surface area (Å²) in [6.07, 6.45) is 1.58. The Morgan fingerprint density at radius 1 is 1.42 bits per heavy atom. The normalized spacial score (nSPS) is 12.4. The second kappa shape index (κ2) is 3.52. The van der Waals surface area contributed by atoms with Crippen molar-refractivity contribution in [2.24, 2.45) is 0 Å². The van der Waals surface area contributed by atoms with Crippen molar-refractivity contribution in [2.75, 3.05) is 0 Å². The van der Waals surface area contributed by atoms with Crippen LogP contribution in [0.5, 0.6) is 0 Å². The lowest BCUT2D eigenvalue weighted by atomic mass is 10.1. The molecule has 0 aliphatic carbocycles. The number of ether oxygens (including phenoxy) is 1. The summed E-state index contributed by atoms with van der Waals surface area (Å²) in [7, 11) is 0. The fraction of sp³-hybridized carbons (Fsp3) is 0.667. The van der Waals surface area contributed by atoms with Crippen LogP contribution in [0.2, 0.25) is 0 Å². The number of hydrogen-bond acceptors (Lipinski definition) is 2. The molecular formula is C9H15O2S. The van der Waals surface area contributed by atoms with E-state index in [-0.39, 0.29) is 5.97 Å². The zero-order valence-corrected chi connectivity index (χ0v) is 8.83. The Morgan fingerprint density at radius 3 is 2.08 bits per heavy atom. The van der Waals surface area contributed by atoms with Crippen molar-refractivity contribution < 1.29 is 9.53 Å². The Hall–Kier alpha value is -0.440. The second-order valence-electron chi connectivity index (χ2n) is 3.71.